The van der Waals surface area contributed by atoms with Crippen LogP contribution < -0.4 is 4.90 Å². The third kappa shape index (κ3) is 5.80. The van der Waals surface area contributed by atoms with E-state index in [1.54, 1.807) is 49.9 Å². The van der Waals surface area contributed by atoms with E-state index in [9.17, 15) is 18.0 Å². The maximum absolute atomic E-state index is 13.7. The number of anilines is 1. The van der Waals surface area contributed by atoms with Gasteiger partial charge in [-0.1, -0.05) is 30.3 Å². The van der Waals surface area contributed by atoms with Crippen LogP contribution in [0.3, 0.4) is 0 Å². The number of carbonyl (C=O) groups is 2. The molecule has 9 nitrogen and oxygen atoms in total. The van der Waals surface area contributed by atoms with Crippen molar-refractivity contribution in [2.24, 2.45) is 0 Å². The van der Waals surface area contributed by atoms with E-state index in [0.29, 0.717) is 42.8 Å². The van der Waals surface area contributed by atoms with Crippen molar-refractivity contribution < 1.29 is 27.5 Å². The fraction of sp³-hybridized carbons (Fsp3) is 0.429. The zero-order valence-corrected chi connectivity index (χ0v) is 23.5. The Morgan fingerprint density at radius 3 is 1.92 bits per heavy atom. The molecule has 0 atom stereocenters. The van der Waals surface area contributed by atoms with Crippen LogP contribution in [0.5, 0.6) is 0 Å². The van der Waals surface area contributed by atoms with Crippen LogP contribution in [0.4, 0.5) is 15.3 Å². The quantitative estimate of drug-likeness (QED) is 0.443. The lowest BCUT2D eigenvalue weighted by molar-refractivity contribution is 0.0240. The highest BCUT2D eigenvalue weighted by Gasteiger charge is 2.33. The van der Waals surface area contributed by atoms with Gasteiger partial charge in [0, 0.05) is 31.6 Å². The molecule has 0 spiro atoms. The zero-order valence-electron chi connectivity index (χ0n) is 22.7. The minimum absolute atomic E-state index is 0.0835. The van der Waals surface area contributed by atoms with Crippen LogP contribution in [-0.4, -0.2) is 67.5 Å². The Bertz CT molecular complexity index is 1440. The lowest BCUT2D eigenvalue weighted by Crippen LogP contribution is -2.50. The van der Waals surface area contributed by atoms with Gasteiger partial charge in [-0.25, -0.2) is 22.6 Å². The number of benzene rings is 2. The topological polar surface area (TPSA) is 98.1 Å². The number of rotatable bonds is 3. The Morgan fingerprint density at radius 1 is 0.763 bits per heavy atom. The number of hydrogen-bond acceptors (Lipinski definition) is 7. The summed E-state index contributed by atoms with van der Waals surface area (Å²) >= 11 is 0. The molecule has 0 aliphatic carbocycles. The average molecular weight is 542 g/mol. The summed E-state index contributed by atoms with van der Waals surface area (Å²) in [6.45, 7) is 12.5. The van der Waals surface area contributed by atoms with E-state index in [-0.39, 0.29) is 16.0 Å². The molecule has 3 aromatic rings. The Hall–Kier alpha value is -3.53. The third-order valence-corrected chi connectivity index (χ3v) is 7.69. The van der Waals surface area contributed by atoms with Crippen molar-refractivity contribution in [2.75, 3.05) is 31.1 Å². The van der Waals surface area contributed by atoms with Gasteiger partial charge < -0.3 is 19.3 Å². The van der Waals surface area contributed by atoms with Gasteiger partial charge in [0.25, 0.3) is 0 Å². The summed E-state index contributed by atoms with van der Waals surface area (Å²) in [6.07, 6.45) is -1.15. The fourth-order valence-electron chi connectivity index (χ4n) is 4.34. The normalized spacial score (nSPS) is 15.0. The van der Waals surface area contributed by atoms with E-state index in [4.69, 9.17) is 9.47 Å². The summed E-state index contributed by atoms with van der Waals surface area (Å²) in [5.74, 6) is 0. The second kappa shape index (κ2) is 9.98. The molecule has 1 aromatic heterocycles. The van der Waals surface area contributed by atoms with Crippen LogP contribution in [0.1, 0.15) is 41.5 Å². The summed E-state index contributed by atoms with van der Waals surface area (Å²) in [5, 5.41) is 0.435. The Morgan fingerprint density at radius 2 is 1.34 bits per heavy atom. The number of hydrogen-bond donors (Lipinski definition) is 0. The molecular weight excluding hydrogens is 506 g/mol. The van der Waals surface area contributed by atoms with Crippen molar-refractivity contribution in [3.63, 3.8) is 0 Å². The first-order valence-corrected chi connectivity index (χ1v) is 14.1. The van der Waals surface area contributed by atoms with Crippen molar-refractivity contribution >= 4 is 38.6 Å². The first-order valence-electron chi connectivity index (χ1n) is 12.6. The SMILES string of the molecule is CC(C)(C)OC(=O)N1CCN(c2cccc3cc(S(=O)(=O)c4ccccc4)n(C(=O)OC(C)(C)C)c23)CC1. The van der Waals surface area contributed by atoms with E-state index in [2.05, 4.69) is 0 Å². The molecule has 1 aliphatic rings. The number of piperazine rings is 1. The van der Waals surface area contributed by atoms with Crippen LogP contribution >= 0.6 is 0 Å². The van der Waals surface area contributed by atoms with Crippen LogP contribution in [0.15, 0.2) is 64.5 Å². The molecule has 38 heavy (non-hydrogen) atoms. The number of ether oxygens (including phenoxy) is 2. The molecule has 0 radical (unpaired) electrons. The van der Waals surface area contributed by atoms with Gasteiger partial charge >= 0.3 is 12.2 Å². The summed E-state index contributed by atoms with van der Waals surface area (Å²) in [6, 6.07) is 15.0. The van der Waals surface area contributed by atoms with Crippen molar-refractivity contribution in [3.8, 4) is 0 Å². The van der Waals surface area contributed by atoms with Gasteiger partial charge in [-0.3, -0.25) is 0 Å². The highest BCUT2D eigenvalue weighted by molar-refractivity contribution is 7.91. The molecule has 0 saturated carbocycles. The number of nitrogens with zero attached hydrogens (tertiary/aromatic N) is 3. The van der Waals surface area contributed by atoms with Gasteiger partial charge in [0.1, 0.15) is 11.2 Å². The predicted octanol–water partition coefficient (Wildman–Crippen LogP) is 5.31. The van der Waals surface area contributed by atoms with Crippen LogP contribution in [-0.2, 0) is 19.3 Å². The number of fused-ring (bicyclic) bond motifs is 1. The van der Waals surface area contributed by atoms with Crippen molar-refractivity contribution in [1.29, 1.82) is 0 Å². The standard InChI is InChI=1S/C28H35N3O6S/c1-27(2,3)36-25(32)30-17-15-29(16-18-30)22-14-10-11-20-19-23(38(34,35)21-12-8-7-9-13-21)31(24(20)22)26(33)37-28(4,5)6/h7-14,19H,15-18H2,1-6H3. The van der Waals surface area contributed by atoms with Gasteiger partial charge in [0.05, 0.1) is 16.1 Å². The smallest absolute Gasteiger partial charge is 0.420 e. The molecule has 10 heteroatoms. The molecule has 1 amide bonds. The van der Waals surface area contributed by atoms with Crippen molar-refractivity contribution in [1.82, 2.24) is 9.47 Å². The fourth-order valence-corrected chi connectivity index (χ4v) is 5.78. The monoisotopic (exact) mass is 541 g/mol. The van der Waals surface area contributed by atoms with E-state index >= 15 is 0 Å². The first kappa shape index (κ1) is 27.5. The summed E-state index contributed by atoms with van der Waals surface area (Å²) in [4.78, 5) is 29.9. The Balaban J connectivity index is 1.78. The van der Waals surface area contributed by atoms with Crippen LogP contribution in [0, 0.1) is 0 Å². The third-order valence-electron chi connectivity index (χ3n) is 5.95. The van der Waals surface area contributed by atoms with Crippen LogP contribution in [0.25, 0.3) is 10.9 Å². The minimum Gasteiger partial charge on any atom is -0.444 e. The lowest BCUT2D eigenvalue weighted by Gasteiger charge is -2.37. The van der Waals surface area contributed by atoms with Gasteiger partial charge in [0.15, 0.2) is 5.03 Å². The van der Waals surface area contributed by atoms with Crippen molar-refractivity contribution in [3.05, 3.63) is 54.6 Å². The first-order chi connectivity index (χ1) is 17.7. The molecule has 1 aliphatic heterocycles. The number of para-hydroxylation sites is 1. The largest absolute Gasteiger partial charge is 0.444 e. The summed E-state index contributed by atoms with van der Waals surface area (Å²) in [7, 11) is -4.04. The number of aromatic nitrogens is 1. The Kier molecular flexibility index (Phi) is 7.22. The van der Waals surface area contributed by atoms with Gasteiger partial charge in [-0.2, -0.15) is 0 Å². The summed E-state index contributed by atoms with van der Waals surface area (Å²) < 4.78 is 39.8. The molecule has 204 valence electrons. The maximum Gasteiger partial charge on any atom is 0.420 e. The van der Waals surface area contributed by atoms with E-state index in [1.807, 2.05) is 37.8 Å². The molecule has 1 saturated heterocycles. The predicted molar refractivity (Wildman–Crippen MR) is 145 cm³/mol. The molecule has 2 aromatic carbocycles. The average Bonchev–Trinajstić information content (AvgIpc) is 3.24. The Labute approximate surface area is 223 Å². The van der Waals surface area contributed by atoms with Gasteiger partial charge in [-0.15, -0.1) is 0 Å². The molecule has 2 heterocycles. The lowest BCUT2D eigenvalue weighted by atomic mass is 10.2. The van der Waals surface area contributed by atoms with Gasteiger partial charge in [-0.05, 0) is 65.8 Å². The van der Waals surface area contributed by atoms with E-state index in [0.717, 1.165) is 0 Å². The molecule has 1 fully saturated rings. The molecule has 0 N–H and O–H groups in total. The highest BCUT2D eigenvalue weighted by Crippen LogP contribution is 2.35. The zero-order chi connectivity index (χ0) is 27.9. The van der Waals surface area contributed by atoms with Crippen molar-refractivity contribution in [2.45, 2.75) is 62.7 Å². The maximum atomic E-state index is 13.7. The summed E-state index contributed by atoms with van der Waals surface area (Å²) in [5.41, 5.74) is -0.293. The molecule has 0 unspecified atom stereocenters. The molecular formula is C28H35N3O6S. The van der Waals surface area contributed by atoms with Gasteiger partial charge in [0.2, 0.25) is 9.84 Å². The second-order valence-corrected chi connectivity index (χ2v) is 13.2. The number of sulfone groups is 1. The second-order valence-electron chi connectivity index (χ2n) is 11.3. The number of carbonyl (C=O) groups excluding carboxylic acids is 2. The highest BCUT2D eigenvalue weighted by atomic mass is 32.2. The van der Waals surface area contributed by atoms with E-state index in [1.165, 1.54) is 22.8 Å². The number of amides is 1. The molecule has 0 bridgehead atoms. The van der Waals surface area contributed by atoms with E-state index < -0.39 is 27.1 Å². The molecule has 4 rings (SSSR count). The van der Waals surface area contributed by atoms with Crippen LogP contribution in [0.2, 0.25) is 0 Å². The minimum atomic E-state index is -4.04.